The summed E-state index contributed by atoms with van der Waals surface area (Å²) in [6.07, 6.45) is 0. The predicted molar refractivity (Wildman–Crippen MR) is 145 cm³/mol. The highest BCUT2D eigenvalue weighted by Crippen LogP contribution is 2.43. The van der Waals surface area contributed by atoms with Crippen LogP contribution < -0.4 is 14.4 Å². The van der Waals surface area contributed by atoms with Crippen molar-refractivity contribution in [3.05, 3.63) is 94.6 Å². The monoisotopic (exact) mass is 499 g/mol. The van der Waals surface area contributed by atoms with Crippen molar-refractivity contribution in [3.63, 3.8) is 0 Å². The Morgan fingerprint density at radius 1 is 0.946 bits per heavy atom. The SMILES string of the molecule is CCOc1cccc(C2/C(=C(\O)c3ccc(OCC)c(C)c3)C(=O)C(=O)N2c2ccc(C(C)C)cc2)c1. The van der Waals surface area contributed by atoms with E-state index in [0.717, 1.165) is 11.1 Å². The number of aryl methyl sites for hydroxylation is 1. The van der Waals surface area contributed by atoms with Crippen molar-refractivity contribution in [2.24, 2.45) is 0 Å². The van der Waals surface area contributed by atoms with E-state index in [1.165, 1.54) is 4.90 Å². The van der Waals surface area contributed by atoms with E-state index >= 15 is 0 Å². The van der Waals surface area contributed by atoms with E-state index < -0.39 is 17.7 Å². The second kappa shape index (κ2) is 10.9. The summed E-state index contributed by atoms with van der Waals surface area (Å²) in [6.45, 7) is 10.9. The van der Waals surface area contributed by atoms with Crippen molar-refractivity contribution in [3.8, 4) is 11.5 Å². The van der Waals surface area contributed by atoms with Crippen LogP contribution in [0.25, 0.3) is 5.76 Å². The third kappa shape index (κ3) is 5.10. The van der Waals surface area contributed by atoms with E-state index in [1.807, 2.05) is 69.3 Å². The van der Waals surface area contributed by atoms with Gasteiger partial charge in [-0.1, -0.05) is 38.1 Å². The highest BCUT2D eigenvalue weighted by Gasteiger charge is 2.47. The van der Waals surface area contributed by atoms with Crippen LogP contribution in [-0.2, 0) is 9.59 Å². The van der Waals surface area contributed by atoms with Crippen molar-refractivity contribution in [2.45, 2.75) is 46.6 Å². The van der Waals surface area contributed by atoms with E-state index in [4.69, 9.17) is 9.47 Å². The van der Waals surface area contributed by atoms with Gasteiger partial charge in [0.1, 0.15) is 17.3 Å². The zero-order valence-corrected chi connectivity index (χ0v) is 21.9. The molecule has 3 aromatic rings. The second-order valence-corrected chi connectivity index (χ2v) is 9.33. The first-order valence-electron chi connectivity index (χ1n) is 12.6. The molecule has 0 saturated carbocycles. The number of aliphatic hydroxyl groups excluding tert-OH is 1. The summed E-state index contributed by atoms with van der Waals surface area (Å²) in [5, 5.41) is 11.4. The van der Waals surface area contributed by atoms with E-state index in [-0.39, 0.29) is 11.3 Å². The quantitative estimate of drug-likeness (QED) is 0.216. The Morgan fingerprint density at radius 2 is 1.65 bits per heavy atom. The van der Waals surface area contributed by atoms with Gasteiger partial charge in [0.25, 0.3) is 11.7 Å². The standard InChI is InChI=1S/C31H33NO5/c1-6-36-25-10-8-9-22(18-25)28-27(29(33)23-13-16-26(37-7-2)20(5)17-23)30(34)31(35)32(28)24-14-11-21(12-15-24)19(3)4/h8-19,28,33H,6-7H2,1-5H3/b29-27+. The first-order valence-corrected chi connectivity index (χ1v) is 12.6. The summed E-state index contributed by atoms with van der Waals surface area (Å²) in [5.74, 6) is 0.00381. The Labute approximate surface area is 218 Å². The topological polar surface area (TPSA) is 76.1 Å². The van der Waals surface area contributed by atoms with E-state index in [0.29, 0.717) is 47.4 Å². The first kappa shape index (κ1) is 26.0. The average molecular weight is 500 g/mol. The van der Waals surface area contributed by atoms with E-state index in [9.17, 15) is 14.7 Å². The number of anilines is 1. The van der Waals surface area contributed by atoms with Crippen LogP contribution in [0.3, 0.4) is 0 Å². The molecule has 1 fully saturated rings. The molecule has 0 radical (unpaired) electrons. The molecule has 1 amide bonds. The van der Waals surface area contributed by atoms with Gasteiger partial charge >= 0.3 is 0 Å². The second-order valence-electron chi connectivity index (χ2n) is 9.33. The lowest BCUT2D eigenvalue weighted by atomic mass is 9.94. The zero-order valence-electron chi connectivity index (χ0n) is 21.9. The van der Waals surface area contributed by atoms with Crippen LogP contribution in [0.1, 0.15) is 61.9 Å². The van der Waals surface area contributed by atoms with Crippen LogP contribution in [0.2, 0.25) is 0 Å². The predicted octanol–water partition coefficient (Wildman–Crippen LogP) is 6.54. The van der Waals surface area contributed by atoms with Crippen molar-refractivity contribution < 1.29 is 24.2 Å². The fraction of sp³-hybridized carbons (Fsp3) is 0.290. The summed E-state index contributed by atoms with van der Waals surface area (Å²) in [7, 11) is 0. The molecule has 4 rings (SSSR count). The molecule has 6 nitrogen and oxygen atoms in total. The van der Waals surface area contributed by atoms with Crippen molar-refractivity contribution in [1.82, 2.24) is 0 Å². The molecule has 1 saturated heterocycles. The molecule has 1 heterocycles. The number of carbonyl (C=O) groups is 2. The van der Waals surface area contributed by atoms with Gasteiger partial charge in [0.15, 0.2) is 0 Å². The molecule has 37 heavy (non-hydrogen) atoms. The van der Waals surface area contributed by atoms with Gasteiger partial charge in [-0.05, 0) is 85.8 Å². The first-order chi connectivity index (χ1) is 17.8. The van der Waals surface area contributed by atoms with Gasteiger partial charge in [-0.2, -0.15) is 0 Å². The summed E-state index contributed by atoms with van der Waals surface area (Å²) in [5.41, 5.74) is 3.68. The van der Waals surface area contributed by atoms with Gasteiger partial charge in [0.2, 0.25) is 0 Å². The molecule has 0 aliphatic carbocycles. The Kier molecular flexibility index (Phi) is 7.67. The third-order valence-electron chi connectivity index (χ3n) is 6.52. The molecule has 1 unspecified atom stereocenters. The largest absolute Gasteiger partial charge is 0.507 e. The number of benzene rings is 3. The Balaban J connectivity index is 1.90. The van der Waals surface area contributed by atoms with Crippen LogP contribution in [0.4, 0.5) is 5.69 Å². The maximum Gasteiger partial charge on any atom is 0.300 e. The number of Topliss-reactive ketones (excluding diaryl/α,β-unsaturated/α-hetero) is 1. The molecule has 1 atom stereocenters. The van der Waals surface area contributed by atoms with Crippen LogP contribution >= 0.6 is 0 Å². The van der Waals surface area contributed by atoms with E-state index in [2.05, 4.69) is 13.8 Å². The molecule has 0 aromatic heterocycles. The summed E-state index contributed by atoms with van der Waals surface area (Å²) in [6, 6.07) is 19.3. The normalized spacial score (nSPS) is 16.9. The van der Waals surface area contributed by atoms with Gasteiger partial charge in [-0.3, -0.25) is 14.5 Å². The fourth-order valence-electron chi connectivity index (χ4n) is 4.64. The molecule has 1 N–H and O–H groups in total. The zero-order chi connectivity index (χ0) is 26.7. The third-order valence-corrected chi connectivity index (χ3v) is 6.52. The minimum atomic E-state index is -0.822. The number of carbonyl (C=O) groups excluding carboxylic acids is 2. The number of hydrogen-bond acceptors (Lipinski definition) is 5. The van der Waals surface area contributed by atoms with Gasteiger partial charge in [0.05, 0.1) is 24.8 Å². The molecule has 192 valence electrons. The molecule has 6 heteroatoms. The number of nitrogens with zero attached hydrogens (tertiary/aromatic N) is 1. The molecular weight excluding hydrogens is 466 g/mol. The molecule has 0 bridgehead atoms. The molecule has 3 aromatic carbocycles. The maximum absolute atomic E-state index is 13.5. The highest BCUT2D eigenvalue weighted by molar-refractivity contribution is 6.51. The van der Waals surface area contributed by atoms with Crippen LogP contribution in [0.15, 0.2) is 72.3 Å². The van der Waals surface area contributed by atoms with Crippen molar-refractivity contribution >= 4 is 23.1 Å². The maximum atomic E-state index is 13.5. The number of aliphatic hydroxyl groups is 1. The molecule has 1 aliphatic heterocycles. The molecule has 0 spiro atoms. The number of hydrogen-bond donors (Lipinski definition) is 1. The van der Waals surface area contributed by atoms with Crippen LogP contribution in [-0.4, -0.2) is 30.0 Å². The van der Waals surface area contributed by atoms with Gasteiger partial charge in [-0.25, -0.2) is 0 Å². The lowest BCUT2D eigenvalue weighted by Gasteiger charge is -2.26. The average Bonchev–Trinajstić information content (AvgIpc) is 3.15. The highest BCUT2D eigenvalue weighted by atomic mass is 16.5. The Bertz CT molecular complexity index is 1340. The van der Waals surface area contributed by atoms with Crippen molar-refractivity contribution in [1.29, 1.82) is 0 Å². The van der Waals surface area contributed by atoms with Gasteiger partial charge < -0.3 is 14.6 Å². The van der Waals surface area contributed by atoms with E-state index in [1.54, 1.807) is 18.2 Å². The molecular formula is C31H33NO5. The van der Waals surface area contributed by atoms with Crippen LogP contribution in [0, 0.1) is 6.92 Å². The van der Waals surface area contributed by atoms with Crippen molar-refractivity contribution in [2.75, 3.05) is 18.1 Å². The lowest BCUT2D eigenvalue weighted by molar-refractivity contribution is -0.132. The van der Waals surface area contributed by atoms with Gasteiger partial charge in [-0.15, -0.1) is 0 Å². The Hall–Kier alpha value is -4.06. The minimum absolute atomic E-state index is 0.0372. The summed E-state index contributed by atoms with van der Waals surface area (Å²) in [4.78, 5) is 28.4. The summed E-state index contributed by atoms with van der Waals surface area (Å²) < 4.78 is 11.3. The minimum Gasteiger partial charge on any atom is -0.507 e. The Morgan fingerprint density at radius 3 is 2.27 bits per heavy atom. The summed E-state index contributed by atoms with van der Waals surface area (Å²) >= 11 is 0. The number of rotatable bonds is 8. The lowest BCUT2D eigenvalue weighted by Crippen LogP contribution is -2.29. The smallest absolute Gasteiger partial charge is 0.300 e. The van der Waals surface area contributed by atoms with Gasteiger partial charge in [0, 0.05) is 11.3 Å². The van der Waals surface area contributed by atoms with Crippen LogP contribution in [0.5, 0.6) is 11.5 Å². The number of ketones is 1. The molecule has 1 aliphatic rings. The fourth-order valence-corrected chi connectivity index (χ4v) is 4.64. The number of amides is 1. The number of ether oxygens (including phenoxy) is 2.